The number of hydrogen-bond acceptors (Lipinski definition) is 3. The lowest BCUT2D eigenvalue weighted by atomic mass is 10.1. The van der Waals surface area contributed by atoms with E-state index < -0.39 is 0 Å². The second-order valence-electron chi connectivity index (χ2n) is 3.08. The van der Waals surface area contributed by atoms with Crippen molar-refractivity contribution in [3.8, 4) is 0 Å². The van der Waals surface area contributed by atoms with E-state index in [2.05, 4.69) is 17.4 Å². The lowest BCUT2D eigenvalue weighted by Crippen LogP contribution is -2.04. The first-order valence-electron chi connectivity index (χ1n) is 4.69. The molecule has 0 atom stereocenters. The van der Waals surface area contributed by atoms with Crippen LogP contribution in [0.2, 0.25) is 0 Å². The van der Waals surface area contributed by atoms with E-state index in [0.29, 0.717) is 12.2 Å². The lowest BCUT2D eigenvalue weighted by molar-refractivity contribution is -0.139. The Morgan fingerprint density at radius 3 is 3.00 bits per heavy atom. The summed E-state index contributed by atoms with van der Waals surface area (Å²) in [6.07, 6.45) is 4.26. The number of hydrogen-bond donors (Lipinski definition) is 1. The molecule has 0 spiro atoms. The molecule has 1 aromatic carbocycles. The molecule has 0 saturated heterocycles. The van der Waals surface area contributed by atoms with E-state index in [4.69, 9.17) is 0 Å². The van der Waals surface area contributed by atoms with E-state index in [1.807, 2.05) is 36.4 Å². The van der Waals surface area contributed by atoms with Gasteiger partial charge in [0.1, 0.15) is 0 Å². The van der Waals surface area contributed by atoms with E-state index in [1.165, 1.54) is 7.11 Å². The molecule has 0 bridgehead atoms. The van der Waals surface area contributed by atoms with Gasteiger partial charge in [-0.3, -0.25) is 4.79 Å². The average molecular weight is 222 g/mol. The highest BCUT2D eigenvalue weighted by atomic mass is 32.1. The van der Waals surface area contributed by atoms with Gasteiger partial charge in [0.15, 0.2) is 0 Å². The first kappa shape index (κ1) is 11.9. The minimum absolute atomic E-state index is 0.217. The number of carbonyl (C=O) groups excluding carboxylic acids is 1. The molecule has 0 saturated carbocycles. The zero-order valence-corrected chi connectivity index (χ0v) is 9.54. The molecule has 3 heteroatoms. The fraction of sp³-hybridized carbons (Fsp3) is 0.250. The molecule has 0 N–H and O–H groups in total. The van der Waals surface area contributed by atoms with Gasteiger partial charge in [-0.25, -0.2) is 0 Å². The van der Waals surface area contributed by atoms with E-state index in [9.17, 15) is 4.79 Å². The minimum atomic E-state index is -0.217. The Bertz CT molecular complexity index is 358. The Labute approximate surface area is 95.4 Å². The van der Waals surface area contributed by atoms with Crippen LogP contribution in [0.5, 0.6) is 0 Å². The molecule has 1 rings (SSSR count). The Morgan fingerprint density at radius 1 is 1.53 bits per heavy atom. The van der Waals surface area contributed by atoms with E-state index in [-0.39, 0.29) is 5.97 Å². The van der Waals surface area contributed by atoms with E-state index in [0.717, 1.165) is 11.1 Å². The van der Waals surface area contributed by atoms with Crippen LogP contribution in [0.1, 0.15) is 11.1 Å². The highest BCUT2D eigenvalue weighted by molar-refractivity contribution is 7.80. The van der Waals surface area contributed by atoms with Crippen molar-refractivity contribution < 1.29 is 9.53 Å². The number of carbonyl (C=O) groups is 1. The molecule has 2 nitrogen and oxygen atoms in total. The third-order valence-corrected chi connectivity index (χ3v) is 2.15. The molecule has 0 fully saturated rings. The highest BCUT2D eigenvalue weighted by Crippen LogP contribution is 2.08. The maximum Gasteiger partial charge on any atom is 0.309 e. The number of rotatable bonds is 4. The first-order chi connectivity index (χ1) is 7.26. The van der Waals surface area contributed by atoms with E-state index in [1.54, 1.807) is 0 Å². The standard InChI is InChI=1S/C12H14O2S/c1-14-12(13)9-11-5-2-4-10(8-11)6-3-7-15/h2-6,8,15H,7,9H2,1H3. The Balaban J connectivity index is 2.74. The van der Waals surface area contributed by atoms with Gasteiger partial charge in [-0.2, -0.15) is 12.6 Å². The number of thiol groups is 1. The third-order valence-electron chi connectivity index (χ3n) is 1.94. The number of methoxy groups -OCH3 is 1. The smallest absolute Gasteiger partial charge is 0.309 e. The molecule has 0 aliphatic carbocycles. The van der Waals surface area contributed by atoms with Crippen LogP contribution in [0.4, 0.5) is 0 Å². The molecular weight excluding hydrogens is 208 g/mol. The summed E-state index contributed by atoms with van der Waals surface area (Å²) in [6, 6.07) is 7.79. The van der Waals surface area contributed by atoms with Gasteiger partial charge >= 0.3 is 5.97 Å². The van der Waals surface area contributed by atoms with Gasteiger partial charge in [-0.05, 0) is 11.1 Å². The van der Waals surface area contributed by atoms with Crippen molar-refractivity contribution in [2.75, 3.05) is 12.9 Å². The van der Waals surface area contributed by atoms with Gasteiger partial charge in [-0.1, -0.05) is 36.4 Å². The van der Waals surface area contributed by atoms with Crippen LogP contribution in [-0.2, 0) is 16.0 Å². The Morgan fingerprint density at radius 2 is 2.33 bits per heavy atom. The fourth-order valence-corrected chi connectivity index (χ4v) is 1.34. The summed E-state index contributed by atoms with van der Waals surface area (Å²) in [6.45, 7) is 0. The van der Waals surface area contributed by atoms with Crippen molar-refractivity contribution in [2.45, 2.75) is 6.42 Å². The van der Waals surface area contributed by atoms with Crippen LogP contribution in [0.3, 0.4) is 0 Å². The van der Waals surface area contributed by atoms with Gasteiger partial charge in [0.2, 0.25) is 0 Å². The molecule has 0 aromatic heterocycles. The monoisotopic (exact) mass is 222 g/mol. The zero-order chi connectivity index (χ0) is 11.1. The fourth-order valence-electron chi connectivity index (χ4n) is 1.23. The molecule has 0 amide bonds. The average Bonchev–Trinajstić information content (AvgIpc) is 2.26. The van der Waals surface area contributed by atoms with Gasteiger partial charge in [0.25, 0.3) is 0 Å². The Kier molecular flexibility index (Phi) is 4.98. The van der Waals surface area contributed by atoms with Crippen molar-refractivity contribution in [3.63, 3.8) is 0 Å². The topological polar surface area (TPSA) is 26.3 Å². The summed E-state index contributed by atoms with van der Waals surface area (Å²) in [5.41, 5.74) is 2.04. The summed E-state index contributed by atoms with van der Waals surface area (Å²) < 4.78 is 4.61. The summed E-state index contributed by atoms with van der Waals surface area (Å²) in [4.78, 5) is 11.1. The summed E-state index contributed by atoms with van der Waals surface area (Å²) in [7, 11) is 1.40. The SMILES string of the molecule is COC(=O)Cc1cccc(C=CCS)c1. The van der Waals surface area contributed by atoms with Crippen molar-refractivity contribution in [1.29, 1.82) is 0 Å². The van der Waals surface area contributed by atoms with Crippen LogP contribution in [0.15, 0.2) is 30.3 Å². The summed E-state index contributed by atoms with van der Waals surface area (Å²) in [5.74, 6) is 0.492. The molecule has 0 radical (unpaired) electrons. The van der Waals surface area contributed by atoms with Crippen molar-refractivity contribution >= 4 is 24.7 Å². The first-order valence-corrected chi connectivity index (χ1v) is 5.32. The predicted octanol–water partition coefficient (Wildman–Crippen LogP) is 2.35. The largest absolute Gasteiger partial charge is 0.469 e. The molecule has 0 aliphatic rings. The zero-order valence-electron chi connectivity index (χ0n) is 8.64. The van der Waals surface area contributed by atoms with Crippen LogP contribution in [0.25, 0.3) is 6.08 Å². The minimum Gasteiger partial charge on any atom is -0.469 e. The summed E-state index contributed by atoms with van der Waals surface area (Å²) in [5, 5.41) is 0. The number of ether oxygens (including phenoxy) is 1. The quantitative estimate of drug-likeness (QED) is 0.625. The Hall–Kier alpha value is -1.22. The van der Waals surface area contributed by atoms with Crippen molar-refractivity contribution in [1.82, 2.24) is 0 Å². The van der Waals surface area contributed by atoms with Crippen LogP contribution >= 0.6 is 12.6 Å². The van der Waals surface area contributed by atoms with Crippen LogP contribution in [-0.4, -0.2) is 18.8 Å². The number of esters is 1. The van der Waals surface area contributed by atoms with Gasteiger partial charge in [-0.15, -0.1) is 0 Å². The molecule has 0 heterocycles. The van der Waals surface area contributed by atoms with Gasteiger partial charge in [0.05, 0.1) is 13.5 Å². The molecule has 0 aliphatic heterocycles. The van der Waals surface area contributed by atoms with Crippen molar-refractivity contribution in [2.24, 2.45) is 0 Å². The van der Waals surface area contributed by atoms with E-state index >= 15 is 0 Å². The molecule has 1 aromatic rings. The summed E-state index contributed by atoms with van der Waals surface area (Å²) >= 11 is 4.09. The van der Waals surface area contributed by atoms with Gasteiger partial charge in [0, 0.05) is 5.75 Å². The molecule has 15 heavy (non-hydrogen) atoms. The second-order valence-corrected chi connectivity index (χ2v) is 3.45. The van der Waals surface area contributed by atoms with Crippen molar-refractivity contribution in [3.05, 3.63) is 41.5 Å². The highest BCUT2D eigenvalue weighted by Gasteiger charge is 2.02. The van der Waals surface area contributed by atoms with Crippen LogP contribution in [0, 0.1) is 0 Å². The molecular formula is C12H14O2S. The van der Waals surface area contributed by atoms with Crippen LogP contribution < -0.4 is 0 Å². The second kappa shape index (κ2) is 6.30. The predicted molar refractivity (Wildman–Crippen MR) is 65.0 cm³/mol. The lowest BCUT2D eigenvalue weighted by Gasteiger charge is -2.01. The third kappa shape index (κ3) is 4.21. The normalized spacial score (nSPS) is 10.5. The maximum absolute atomic E-state index is 11.1. The maximum atomic E-state index is 11.1. The molecule has 0 unspecified atom stereocenters. The number of benzene rings is 1. The van der Waals surface area contributed by atoms with Gasteiger partial charge < -0.3 is 4.74 Å². The molecule has 80 valence electrons.